The van der Waals surface area contributed by atoms with E-state index in [0.29, 0.717) is 0 Å². The van der Waals surface area contributed by atoms with Crippen molar-refractivity contribution in [2.24, 2.45) is 0 Å². The van der Waals surface area contributed by atoms with E-state index in [9.17, 15) is 13.6 Å². The number of pyridine rings is 1. The molecule has 0 N–H and O–H groups in total. The van der Waals surface area contributed by atoms with E-state index in [0.717, 1.165) is 19.4 Å². The van der Waals surface area contributed by atoms with Crippen molar-refractivity contribution in [3.63, 3.8) is 0 Å². The van der Waals surface area contributed by atoms with Gasteiger partial charge in [-0.05, 0) is 6.07 Å². The Hall–Kier alpha value is -1.23. The van der Waals surface area contributed by atoms with Crippen molar-refractivity contribution < 1.29 is 18.3 Å². The van der Waals surface area contributed by atoms with Gasteiger partial charge in [-0.25, -0.2) is 13.6 Å². The molecule has 6 heteroatoms. The molecule has 76 valence electrons. The van der Waals surface area contributed by atoms with Crippen molar-refractivity contribution in [3.05, 3.63) is 28.5 Å². The van der Waals surface area contributed by atoms with Gasteiger partial charge in [0, 0.05) is 6.20 Å². The van der Waals surface area contributed by atoms with E-state index in [-0.39, 0.29) is 10.6 Å². The molecule has 0 radical (unpaired) electrons. The molecule has 0 unspecified atom stereocenters. The fraction of sp³-hybridized carbons (Fsp3) is 0.250. The average Bonchev–Trinajstić information content (AvgIpc) is 2.17. The van der Waals surface area contributed by atoms with Crippen LogP contribution in [0.4, 0.5) is 8.78 Å². The zero-order valence-corrected chi connectivity index (χ0v) is 7.89. The molecule has 0 spiro atoms. The molecule has 14 heavy (non-hydrogen) atoms. The Balaban J connectivity index is 3.15. The Morgan fingerprint density at radius 2 is 2.29 bits per heavy atom. The summed E-state index contributed by atoms with van der Waals surface area (Å²) in [5, 5.41) is -0.0127. The molecular weight excluding hydrogens is 216 g/mol. The fourth-order valence-corrected chi connectivity index (χ4v) is 1.02. The van der Waals surface area contributed by atoms with E-state index in [4.69, 9.17) is 11.6 Å². The molecule has 1 aromatic heterocycles. The lowest BCUT2D eigenvalue weighted by molar-refractivity contribution is 0.0600. The number of alkyl halides is 2. The van der Waals surface area contributed by atoms with Gasteiger partial charge in [0.25, 0.3) is 6.43 Å². The average molecular weight is 222 g/mol. The highest BCUT2D eigenvalue weighted by atomic mass is 35.5. The topological polar surface area (TPSA) is 39.2 Å². The maximum absolute atomic E-state index is 12.2. The van der Waals surface area contributed by atoms with Crippen LogP contribution >= 0.6 is 11.6 Å². The normalized spacial score (nSPS) is 10.4. The lowest BCUT2D eigenvalue weighted by Gasteiger charge is -2.04. The lowest BCUT2D eigenvalue weighted by atomic mass is 10.2. The second kappa shape index (κ2) is 4.32. The smallest absolute Gasteiger partial charge is 0.339 e. The summed E-state index contributed by atoms with van der Waals surface area (Å²) in [6, 6.07) is 0.916. The van der Waals surface area contributed by atoms with Gasteiger partial charge in [0.2, 0.25) is 0 Å². The molecule has 1 aromatic rings. The number of rotatable bonds is 2. The Labute approximate surface area is 83.7 Å². The summed E-state index contributed by atoms with van der Waals surface area (Å²) in [6.07, 6.45) is -1.74. The Bertz CT molecular complexity index is 357. The first-order valence-electron chi connectivity index (χ1n) is 3.58. The molecule has 0 atom stereocenters. The maximum Gasteiger partial charge on any atom is 0.339 e. The molecule has 0 aliphatic rings. The largest absolute Gasteiger partial charge is 0.465 e. The van der Waals surface area contributed by atoms with Crippen molar-refractivity contribution in [3.8, 4) is 0 Å². The summed E-state index contributed by atoms with van der Waals surface area (Å²) in [4.78, 5) is 14.4. The minimum atomic E-state index is -2.74. The van der Waals surface area contributed by atoms with Gasteiger partial charge in [-0.3, -0.25) is 4.98 Å². The number of hydrogen-bond acceptors (Lipinski definition) is 3. The summed E-state index contributed by atoms with van der Waals surface area (Å²) < 4.78 is 28.7. The van der Waals surface area contributed by atoms with Crippen molar-refractivity contribution in [1.29, 1.82) is 0 Å². The summed E-state index contributed by atoms with van der Waals surface area (Å²) in [5.74, 6) is -0.765. The number of aromatic nitrogens is 1. The van der Waals surface area contributed by atoms with Gasteiger partial charge < -0.3 is 4.74 Å². The van der Waals surface area contributed by atoms with Crippen LogP contribution in [0.25, 0.3) is 0 Å². The van der Waals surface area contributed by atoms with E-state index in [2.05, 4.69) is 9.72 Å². The predicted molar refractivity (Wildman–Crippen MR) is 45.5 cm³/mol. The van der Waals surface area contributed by atoms with Crippen LogP contribution in [0.2, 0.25) is 5.02 Å². The van der Waals surface area contributed by atoms with Crippen molar-refractivity contribution in [1.82, 2.24) is 4.98 Å². The van der Waals surface area contributed by atoms with Gasteiger partial charge in [0.1, 0.15) is 5.69 Å². The number of halogens is 3. The van der Waals surface area contributed by atoms with E-state index < -0.39 is 18.1 Å². The maximum atomic E-state index is 12.2. The first-order valence-corrected chi connectivity index (χ1v) is 3.96. The summed E-state index contributed by atoms with van der Waals surface area (Å²) in [6.45, 7) is 0. The van der Waals surface area contributed by atoms with Crippen LogP contribution < -0.4 is 0 Å². The highest BCUT2D eigenvalue weighted by Crippen LogP contribution is 2.22. The molecule has 0 amide bonds. The third-order valence-corrected chi connectivity index (χ3v) is 1.81. The third-order valence-electron chi connectivity index (χ3n) is 1.51. The number of carbonyl (C=O) groups excluding carboxylic acids is 1. The van der Waals surface area contributed by atoms with Crippen LogP contribution in [0.3, 0.4) is 0 Å². The molecule has 0 bridgehead atoms. The van der Waals surface area contributed by atoms with Crippen LogP contribution in [0.1, 0.15) is 22.5 Å². The van der Waals surface area contributed by atoms with E-state index in [1.807, 2.05) is 0 Å². The highest BCUT2D eigenvalue weighted by molar-refractivity contribution is 6.33. The van der Waals surface area contributed by atoms with Crippen molar-refractivity contribution >= 4 is 17.6 Å². The van der Waals surface area contributed by atoms with Gasteiger partial charge in [-0.1, -0.05) is 11.6 Å². The quantitative estimate of drug-likeness (QED) is 0.720. The number of esters is 1. The van der Waals surface area contributed by atoms with Crippen LogP contribution in [-0.2, 0) is 4.74 Å². The number of ether oxygens (including phenoxy) is 1. The van der Waals surface area contributed by atoms with Crippen molar-refractivity contribution in [2.45, 2.75) is 6.43 Å². The van der Waals surface area contributed by atoms with Gasteiger partial charge in [-0.15, -0.1) is 0 Å². The standard InChI is InChI=1S/C8H6ClF2NO2/c1-14-8(13)4-2-6(7(10)11)12-3-5(4)9/h2-3,7H,1H3. The summed E-state index contributed by atoms with van der Waals surface area (Å²) in [7, 11) is 1.14. The second-order valence-corrected chi connectivity index (χ2v) is 2.79. The van der Waals surface area contributed by atoms with Crippen molar-refractivity contribution in [2.75, 3.05) is 7.11 Å². The Morgan fingerprint density at radius 3 is 2.79 bits per heavy atom. The Morgan fingerprint density at radius 1 is 1.64 bits per heavy atom. The molecule has 0 aliphatic heterocycles. The highest BCUT2D eigenvalue weighted by Gasteiger charge is 2.16. The molecule has 0 fully saturated rings. The number of nitrogens with zero attached hydrogens (tertiary/aromatic N) is 1. The zero-order valence-electron chi connectivity index (χ0n) is 7.13. The molecule has 1 rings (SSSR count). The Kier molecular flexibility index (Phi) is 3.35. The molecular formula is C8H6ClF2NO2. The molecule has 0 aliphatic carbocycles. The molecule has 0 saturated heterocycles. The van der Waals surface area contributed by atoms with Crippen LogP contribution in [0.5, 0.6) is 0 Å². The van der Waals surface area contributed by atoms with Gasteiger partial charge in [-0.2, -0.15) is 0 Å². The molecule has 1 heterocycles. The molecule has 0 saturated carbocycles. The third kappa shape index (κ3) is 2.17. The molecule has 3 nitrogen and oxygen atoms in total. The van der Waals surface area contributed by atoms with Gasteiger partial charge in [0.15, 0.2) is 0 Å². The van der Waals surface area contributed by atoms with Gasteiger partial charge >= 0.3 is 5.97 Å². The van der Waals surface area contributed by atoms with Crippen LogP contribution in [-0.4, -0.2) is 18.1 Å². The van der Waals surface area contributed by atoms with Crippen LogP contribution in [0.15, 0.2) is 12.3 Å². The summed E-state index contributed by atoms with van der Waals surface area (Å²) >= 11 is 5.57. The SMILES string of the molecule is COC(=O)c1cc(C(F)F)ncc1Cl. The van der Waals surface area contributed by atoms with E-state index in [1.165, 1.54) is 0 Å². The first-order chi connectivity index (χ1) is 6.56. The van der Waals surface area contributed by atoms with Crippen LogP contribution in [0, 0.1) is 0 Å². The first kappa shape index (κ1) is 10.8. The minimum absolute atomic E-state index is 0.0127. The van der Waals surface area contributed by atoms with E-state index >= 15 is 0 Å². The number of methoxy groups -OCH3 is 1. The fourth-order valence-electron chi connectivity index (χ4n) is 0.841. The lowest BCUT2D eigenvalue weighted by Crippen LogP contribution is -2.04. The monoisotopic (exact) mass is 221 g/mol. The molecule has 0 aromatic carbocycles. The predicted octanol–water partition coefficient (Wildman–Crippen LogP) is 2.46. The number of carbonyl (C=O) groups is 1. The summed E-state index contributed by atoms with van der Waals surface area (Å²) in [5.41, 5.74) is -0.616. The zero-order chi connectivity index (χ0) is 10.7. The van der Waals surface area contributed by atoms with E-state index in [1.54, 1.807) is 0 Å². The van der Waals surface area contributed by atoms with Gasteiger partial charge in [0.05, 0.1) is 17.7 Å². The second-order valence-electron chi connectivity index (χ2n) is 2.38. The minimum Gasteiger partial charge on any atom is -0.465 e. The number of hydrogen-bond donors (Lipinski definition) is 0.